The lowest BCUT2D eigenvalue weighted by Crippen LogP contribution is -2.36. The molecule has 4 heterocycles. The average Bonchev–Trinajstić information content (AvgIpc) is 3.32. The Morgan fingerprint density at radius 2 is 1.84 bits per heavy atom. The number of piperidine rings is 1. The van der Waals surface area contributed by atoms with Gasteiger partial charge in [-0.05, 0) is 60.5 Å². The van der Waals surface area contributed by atoms with Crippen LogP contribution in [0.1, 0.15) is 23.2 Å². The number of nitrogens with one attached hydrogen (secondary N) is 3. The second kappa shape index (κ2) is 9.09. The van der Waals surface area contributed by atoms with Crippen LogP contribution in [0.3, 0.4) is 0 Å². The van der Waals surface area contributed by atoms with Crippen molar-refractivity contribution < 1.29 is 4.79 Å². The third-order valence-electron chi connectivity index (χ3n) is 6.10. The van der Waals surface area contributed by atoms with Crippen LogP contribution in [0.5, 0.6) is 0 Å². The fraction of sp³-hybridized carbons (Fsp3) is 0.240. The molecule has 0 bridgehead atoms. The van der Waals surface area contributed by atoms with Gasteiger partial charge in [-0.25, -0.2) is 0 Å². The summed E-state index contributed by atoms with van der Waals surface area (Å²) < 4.78 is 0. The molecule has 0 aliphatic carbocycles. The van der Waals surface area contributed by atoms with Crippen molar-refractivity contribution in [2.75, 3.05) is 35.2 Å². The van der Waals surface area contributed by atoms with Crippen LogP contribution in [-0.4, -0.2) is 40.5 Å². The number of H-pyrrole nitrogens is 1. The van der Waals surface area contributed by atoms with Crippen molar-refractivity contribution in [3.05, 3.63) is 79.0 Å². The van der Waals surface area contributed by atoms with Crippen molar-refractivity contribution in [1.29, 1.82) is 0 Å². The van der Waals surface area contributed by atoms with E-state index in [0.29, 0.717) is 11.5 Å². The Morgan fingerprint density at radius 3 is 2.69 bits per heavy atom. The third-order valence-corrected chi connectivity index (χ3v) is 6.10. The van der Waals surface area contributed by atoms with Crippen LogP contribution in [0.4, 0.5) is 17.1 Å². The number of nitrogens with zero attached hydrogens (tertiary/aromatic N) is 3. The topological polar surface area (TPSA) is 85.9 Å². The maximum Gasteiger partial charge on any atom is 0.257 e. The van der Waals surface area contributed by atoms with Gasteiger partial charge in [0.05, 0.1) is 17.4 Å². The number of hydrogen-bond donors (Lipinski definition) is 3. The van der Waals surface area contributed by atoms with Gasteiger partial charge >= 0.3 is 0 Å². The standard InChI is InChI=1S/C25H26N6O/c32-25(30-20-2-1-19-3-12-28-23(19)15-20)22-6-11-27-17-24(22)29-16-18-7-13-31(14-8-18)21-4-9-26-10-5-21/h1-6,9-12,15,17-18,28-29H,7-8,13-14,16H2,(H,30,32). The zero-order valence-corrected chi connectivity index (χ0v) is 17.8. The van der Waals surface area contributed by atoms with E-state index in [4.69, 9.17) is 0 Å². The van der Waals surface area contributed by atoms with Gasteiger partial charge in [-0.1, -0.05) is 6.07 Å². The van der Waals surface area contributed by atoms with Crippen LogP contribution in [0.2, 0.25) is 0 Å². The van der Waals surface area contributed by atoms with Gasteiger partial charge < -0.3 is 20.5 Å². The molecule has 5 rings (SSSR count). The lowest BCUT2D eigenvalue weighted by molar-refractivity contribution is 0.102. The van der Waals surface area contributed by atoms with E-state index in [-0.39, 0.29) is 5.91 Å². The molecule has 3 N–H and O–H groups in total. The molecule has 0 spiro atoms. The van der Waals surface area contributed by atoms with Crippen LogP contribution >= 0.6 is 0 Å². The molecule has 3 aromatic heterocycles. The average molecular weight is 427 g/mol. The molecule has 0 radical (unpaired) electrons. The van der Waals surface area contributed by atoms with Gasteiger partial charge in [0.25, 0.3) is 5.91 Å². The summed E-state index contributed by atoms with van der Waals surface area (Å²) in [6, 6.07) is 13.7. The number of carbonyl (C=O) groups excluding carboxylic acids is 1. The Hall–Kier alpha value is -3.87. The van der Waals surface area contributed by atoms with Gasteiger partial charge in [0.1, 0.15) is 0 Å². The maximum atomic E-state index is 13.0. The first-order valence-corrected chi connectivity index (χ1v) is 11.0. The summed E-state index contributed by atoms with van der Waals surface area (Å²) in [5.41, 5.74) is 4.35. The molecule has 1 aromatic carbocycles. The zero-order chi connectivity index (χ0) is 21.8. The Bertz CT molecular complexity index is 1200. The van der Waals surface area contributed by atoms with E-state index in [9.17, 15) is 4.79 Å². The molecule has 0 atom stereocenters. The molecule has 1 fully saturated rings. The summed E-state index contributed by atoms with van der Waals surface area (Å²) in [7, 11) is 0. The number of aromatic amines is 1. The summed E-state index contributed by atoms with van der Waals surface area (Å²) in [6.45, 7) is 2.88. The summed E-state index contributed by atoms with van der Waals surface area (Å²) in [5.74, 6) is 0.410. The number of rotatable bonds is 6. The van der Waals surface area contributed by atoms with Crippen LogP contribution in [-0.2, 0) is 0 Å². The largest absolute Gasteiger partial charge is 0.383 e. The third kappa shape index (κ3) is 4.42. The van der Waals surface area contributed by atoms with Gasteiger partial charge in [-0.2, -0.15) is 0 Å². The highest BCUT2D eigenvalue weighted by Crippen LogP contribution is 2.24. The number of aromatic nitrogens is 3. The molecular weight excluding hydrogens is 400 g/mol. The van der Waals surface area contributed by atoms with Gasteiger partial charge in [-0.3, -0.25) is 14.8 Å². The monoisotopic (exact) mass is 426 g/mol. The summed E-state index contributed by atoms with van der Waals surface area (Å²) in [5, 5.41) is 7.59. The van der Waals surface area contributed by atoms with Crippen LogP contribution in [0.25, 0.3) is 10.9 Å². The Labute approximate surface area is 186 Å². The van der Waals surface area contributed by atoms with Crippen molar-refractivity contribution >= 4 is 33.9 Å². The van der Waals surface area contributed by atoms with Crippen molar-refractivity contribution in [3.63, 3.8) is 0 Å². The van der Waals surface area contributed by atoms with Crippen LogP contribution < -0.4 is 15.5 Å². The first kappa shape index (κ1) is 20.1. The number of anilines is 3. The molecule has 0 saturated carbocycles. The number of amides is 1. The van der Waals surface area contributed by atoms with Crippen LogP contribution in [0.15, 0.2) is 73.4 Å². The molecule has 0 unspecified atom stereocenters. The predicted molar refractivity (Wildman–Crippen MR) is 128 cm³/mol. The first-order chi connectivity index (χ1) is 15.8. The quantitative estimate of drug-likeness (QED) is 0.421. The highest BCUT2D eigenvalue weighted by molar-refractivity contribution is 6.08. The minimum Gasteiger partial charge on any atom is -0.383 e. The van der Waals surface area contributed by atoms with E-state index in [2.05, 4.69) is 42.6 Å². The molecule has 7 heteroatoms. The molecule has 162 valence electrons. The maximum absolute atomic E-state index is 13.0. The van der Waals surface area contributed by atoms with E-state index in [1.807, 2.05) is 42.9 Å². The Kier molecular flexibility index (Phi) is 5.70. The number of pyridine rings is 2. The van der Waals surface area contributed by atoms with Gasteiger partial charge in [-0.15, -0.1) is 0 Å². The van der Waals surface area contributed by atoms with Gasteiger partial charge in [0, 0.05) is 61.3 Å². The smallest absolute Gasteiger partial charge is 0.257 e. The van der Waals surface area contributed by atoms with Gasteiger partial charge in [0.15, 0.2) is 0 Å². The molecule has 1 saturated heterocycles. The summed E-state index contributed by atoms with van der Waals surface area (Å²) in [6.07, 6.45) is 11.2. The second-order valence-corrected chi connectivity index (χ2v) is 8.17. The molecular formula is C25H26N6O. The normalized spacial score (nSPS) is 14.4. The van der Waals surface area contributed by atoms with Crippen molar-refractivity contribution in [2.45, 2.75) is 12.8 Å². The summed E-state index contributed by atoms with van der Waals surface area (Å²) in [4.78, 5) is 26.9. The van der Waals surface area contributed by atoms with Crippen molar-refractivity contribution in [3.8, 4) is 0 Å². The fourth-order valence-electron chi connectivity index (χ4n) is 4.26. The summed E-state index contributed by atoms with van der Waals surface area (Å²) >= 11 is 0. The number of carbonyl (C=O) groups is 1. The van der Waals surface area contributed by atoms with E-state index >= 15 is 0 Å². The molecule has 1 aliphatic rings. The zero-order valence-electron chi connectivity index (χ0n) is 17.8. The number of fused-ring (bicyclic) bond motifs is 1. The second-order valence-electron chi connectivity index (χ2n) is 8.17. The highest BCUT2D eigenvalue weighted by Gasteiger charge is 2.20. The molecule has 7 nitrogen and oxygen atoms in total. The lowest BCUT2D eigenvalue weighted by atomic mass is 9.96. The van der Waals surface area contributed by atoms with Crippen LogP contribution in [0, 0.1) is 5.92 Å². The Morgan fingerprint density at radius 1 is 1.03 bits per heavy atom. The van der Waals surface area contributed by atoms with Crippen molar-refractivity contribution in [1.82, 2.24) is 15.0 Å². The fourth-order valence-corrected chi connectivity index (χ4v) is 4.26. The number of benzene rings is 1. The van der Waals surface area contributed by atoms with Crippen molar-refractivity contribution in [2.24, 2.45) is 5.92 Å². The minimum absolute atomic E-state index is 0.145. The molecule has 1 amide bonds. The van der Waals surface area contributed by atoms with E-state index < -0.39 is 0 Å². The van der Waals surface area contributed by atoms with E-state index in [1.165, 1.54) is 5.69 Å². The highest BCUT2D eigenvalue weighted by atomic mass is 16.1. The molecule has 1 aliphatic heterocycles. The first-order valence-electron chi connectivity index (χ1n) is 11.0. The Balaban J connectivity index is 1.20. The van der Waals surface area contributed by atoms with Gasteiger partial charge in [0.2, 0.25) is 0 Å². The number of hydrogen-bond acceptors (Lipinski definition) is 5. The predicted octanol–water partition coefficient (Wildman–Crippen LogP) is 4.54. The SMILES string of the molecule is O=C(Nc1ccc2cc[nH]c2c1)c1ccncc1NCC1CCN(c2ccncc2)CC1. The van der Waals surface area contributed by atoms with E-state index in [1.54, 1.807) is 18.5 Å². The molecule has 4 aromatic rings. The minimum atomic E-state index is -0.145. The lowest BCUT2D eigenvalue weighted by Gasteiger charge is -2.33. The van der Waals surface area contributed by atoms with E-state index in [0.717, 1.165) is 54.8 Å². The molecule has 32 heavy (non-hydrogen) atoms.